The Morgan fingerprint density at radius 2 is 2.50 bits per heavy atom. The third-order valence-electron chi connectivity index (χ3n) is 2.10. The van der Waals surface area contributed by atoms with Crippen LogP contribution in [0.4, 0.5) is 0 Å². The van der Waals surface area contributed by atoms with Crippen molar-refractivity contribution in [1.82, 2.24) is 5.32 Å². The molecule has 0 bridgehead atoms. The van der Waals surface area contributed by atoms with Crippen LogP contribution < -0.4 is 5.32 Å². The molecular formula is C8H12BN3. The molecule has 0 aliphatic carbocycles. The summed E-state index contributed by atoms with van der Waals surface area (Å²) in [5.41, 5.74) is 1.66. The van der Waals surface area contributed by atoms with Crippen molar-refractivity contribution in [2.24, 2.45) is 0 Å². The minimum absolute atomic E-state index is 0.110. The van der Waals surface area contributed by atoms with Gasteiger partial charge in [0.15, 0.2) is 0 Å². The summed E-state index contributed by atoms with van der Waals surface area (Å²) in [4.78, 5) is 0. The molecule has 2 N–H and O–H groups in total. The summed E-state index contributed by atoms with van der Waals surface area (Å²) in [6.45, 7) is 0.110. The average Bonchev–Trinajstić information content (AvgIpc) is 2.09. The Hall–Kier alpha value is -1.24. The molecule has 1 saturated heterocycles. The van der Waals surface area contributed by atoms with Crippen LogP contribution >= 0.6 is 0 Å². The van der Waals surface area contributed by atoms with Gasteiger partial charge in [0.2, 0.25) is 0 Å². The molecule has 0 radical (unpaired) electrons. The first-order chi connectivity index (χ1) is 5.77. The van der Waals surface area contributed by atoms with E-state index in [9.17, 15) is 0 Å². The highest BCUT2D eigenvalue weighted by Crippen LogP contribution is 2.20. The van der Waals surface area contributed by atoms with Crippen LogP contribution in [0.2, 0.25) is 12.6 Å². The van der Waals surface area contributed by atoms with Crippen LogP contribution in [0.3, 0.4) is 0 Å². The van der Waals surface area contributed by atoms with Crippen molar-refractivity contribution < 1.29 is 0 Å². The number of nitrogens with one attached hydrogen (secondary N) is 2. The molecule has 1 fully saturated rings. The van der Waals surface area contributed by atoms with Gasteiger partial charge in [-0.15, -0.1) is 0 Å². The number of nitriles is 1. The molecule has 0 saturated carbocycles. The fraction of sp³-hybridized carbons (Fsp3) is 0.500. The van der Waals surface area contributed by atoms with Crippen LogP contribution in [0, 0.1) is 16.6 Å². The summed E-state index contributed by atoms with van der Waals surface area (Å²) in [5.74, 6) is 2.25. The van der Waals surface area contributed by atoms with Gasteiger partial charge in [-0.3, -0.25) is 0 Å². The summed E-state index contributed by atoms with van der Waals surface area (Å²) in [6, 6.07) is 0. The summed E-state index contributed by atoms with van der Waals surface area (Å²) in [6.07, 6.45) is 4.14. The molecule has 1 aliphatic rings. The van der Waals surface area contributed by atoms with Gasteiger partial charge >= 0.3 is 0 Å². The quantitative estimate of drug-likeness (QED) is 0.565. The van der Waals surface area contributed by atoms with E-state index in [0.29, 0.717) is 5.71 Å². The Balaban J connectivity index is 2.67. The Kier molecular flexibility index (Phi) is 2.92. The summed E-state index contributed by atoms with van der Waals surface area (Å²) in [5, 5.41) is 19.2. The van der Waals surface area contributed by atoms with E-state index in [1.54, 1.807) is 0 Å². The van der Waals surface area contributed by atoms with E-state index in [4.69, 9.17) is 10.7 Å². The minimum atomic E-state index is 0.110. The van der Waals surface area contributed by atoms with Crippen molar-refractivity contribution in [3.8, 4) is 5.97 Å². The molecule has 0 unspecified atom stereocenters. The van der Waals surface area contributed by atoms with Crippen LogP contribution in [-0.2, 0) is 0 Å². The number of rotatable bonds is 1. The molecule has 0 aromatic carbocycles. The van der Waals surface area contributed by atoms with Gasteiger partial charge in [0.05, 0.1) is 0 Å². The van der Waals surface area contributed by atoms with Gasteiger partial charge in [0, 0.05) is 24.9 Å². The largest absolute Gasteiger partial charge is 0.394 e. The Morgan fingerprint density at radius 1 is 1.75 bits per heavy atom. The van der Waals surface area contributed by atoms with E-state index in [1.807, 2.05) is 13.2 Å². The maximum absolute atomic E-state index is 8.70. The summed E-state index contributed by atoms with van der Waals surface area (Å²) >= 11 is 0. The maximum atomic E-state index is 8.70. The van der Waals surface area contributed by atoms with Gasteiger partial charge in [-0.05, 0) is 18.3 Å². The Labute approximate surface area is 73.0 Å². The number of allylic oxidation sites excluding steroid dienone is 1. The third-order valence-corrected chi connectivity index (χ3v) is 2.10. The first-order valence-corrected chi connectivity index (χ1v) is 4.11. The van der Waals surface area contributed by atoms with Crippen LogP contribution in [0.1, 0.15) is 6.42 Å². The van der Waals surface area contributed by atoms with Crippen molar-refractivity contribution >= 4 is 12.4 Å². The number of hydrogen-bond donors (Lipinski definition) is 2. The van der Waals surface area contributed by atoms with Gasteiger partial charge < -0.3 is 10.7 Å². The van der Waals surface area contributed by atoms with Gasteiger partial charge in [-0.2, -0.15) is 0 Å². The topological polar surface area (TPSA) is 59.7 Å². The van der Waals surface area contributed by atoms with Crippen LogP contribution in [0.25, 0.3) is 0 Å². The zero-order valence-electron chi connectivity index (χ0n) is 7.22. The molecule has 0 aromatic rings. The first-order valence-electron chi connectivity index (χ1n) is 4.11. The lowest BCUT2D eigenvalue weighted by Crippen LogP contribution is -2.22. The monoisotopic (exact) mass is 161 g/mol. The van der Waals surface area contributed by atoms with Crippen molar-refractivity contribution in [3.63, 3.8) is 0 Å². The average molecular weight is 161 g/mol. The van der Waals surface area contributed by atoms with Gasteiger partial charge in [0.1, 0.15) is 0 Å². The van der Waals surface area contributed by atoms with Crippen LogP contribution in [0.15, 0.2) is 11.8 Å². The van der Waals surface area contributed by atoms with E-state index in [1.165, 1.54) is 0 Å². The minimum Gasteiger partial charge on any atom is -0.394 e. The second-order valence-corrected chi connectivity index (χ2v) is 3.01. The molecule has 1 aliphatic heterocycles. The number of hydrogen-bond acceptors (Lipinski definition) is 3. The predicted octanol–water partition coefficient (Wildman–Crippen LogP) is 1.07. The Morgan fingerprint density at radius 3 is 3.08 bits per heavy atom. The van der Waals surface area contributed by atoms with Crippen molar-refractivity contribution in [2.45, 2.75) is 19.1 Å². The van der Waals surface area contributed by atoms with E-state index >= 15 is 0 Å². The zero-order valence-corrected chi connectivity index (χ0v) is 7.22. The standard InChI is InChI=1S/C8H12BN3/c1-12-5-7-4-9(6-10)3-2-8(7)11/h5,11-12H,2-4H2,1H3/b7-5-,11-8?. The molecule has 3 nitrogen and oxygen atoms in total. The SMILES string of the molecule is CN/C=C1/CB(C#N)CCC1=N. The first kappa shape index (κ1) is 8.86. The van der Waals surface area contributed by atoms with Crippen LogP contribution in [-0.4, -0.2) is 19.5 Å². The maximum Gasteiger partial charge on any atom is 0.272 e. The lowest BCUT2D eigenvalue weighted by atomic mass is 9.42. The molecule has 0 atom stereocenters. The second kappa shape index (κ2) is 3.96. The second-order valence-electron chi connectivity index (χ2n) is 3.01. The van der Waals surface area contributed by atoms with E-state index in [0.717, 1.165) is 24.6 Å². The molecule has 0 spiro atoms. The van der Waals surface area contributed by atoms with Gasteiger partial charge in [0.25, 0.3) is 6.71 Å². The van der Waals surface area contributed by atoms with Crippen molar-refractivity contribution in [3.05, 3.63) is 11.8 Å². The van der Waals surface area contributed by atoms with Crippen LogP contribution in [0.5, 0.6) is 0 Å². The number of nitrogens with zero attached hydrogens (tertiary/aromatic N) is 1. The zero-order chi connectivity index (χ0) is 8.97. The molecule has 0 amide bonds. The summed E-state index contributed by atoms with van der Waals surface area (Å²) in [7, 11) is 1.82. The molecule has 1 rings (SSSR count). The van der Waals surface area contributed by atoms with Crippen molar-refractivity contribution in [2.75, 3.05) is 7.05 Å². The lowest BCUT2D eigenvalue weighted by molar-refractivity contribution is 1.06. The van der Waals surface area contributed by atoms with Crippen molar-refractivity contribution in [1.29, 1.82) is 10.7 Å². The van der Waals surface area contributed by atoms with Gasteiger partial charge in [-0.25, -0.2) is 5.26 Å². The van der Waals surface area contributed by atoms with E-state index < -0.39 is 0 Å². The molecule has 12 heavy (non-hydrogen) atoms. The normalized spacial score (nSPS) is 20.8. The molecule has 0 aromatic heterocycles. The predicted molar refractivity (Wildman–Crippen MR) is 50.5 cm³/mol. The lowest BCUT2D eigenvalue weighted by Gasteiger charge is -2.16. The summed E-state index contributed by atoms with van der Waals surface area (Å²) < 4.78 is 0. The fourth-order valence-electron chi connectivity index (χ4n) is 1.40. The third kappa shape index (κ3) is 1.88. The Bertz CT molecular complexity index is 252. The molecular weight excluding hydrogens is 149 g/mol. The fourth-order valence-corrected chi connectivity index (χ4v) is 1.40. The highest BCUT2D eigenvalue weighted by molar-refractivity contribution is 6.69. The van der Waals surface area contributed by atoms with E-state index in [2.05, 4.69) is 11.3 Å². The van der Waals surface area contributed by atoms with E-state index in [-0.39, 0.29) is 6.71 Å². The highest BCUT2D eigenvalue weighted by Gasteiger charge is 2.23. The molecule has 1 heterocycles. The van der Waals surface area contributed by atoms with Gasteiger partial charge in [-0.1, -0.05) is 6.32 Å². The molecule has 4 heteroatoms. The highest BCUT2D eigenvalue weighted by atomic mass is 14.8. The molecule has 62 valence electrons. The smallest absolute Gasteiger partial charge is 0.272 e.